The van der Waals surface area contributed by atoms with Crippen LogP contribution in [-0.2, 0) is 9.59 Å². The second-order valence-electron chi connectivity index (χ2n) is 6.33. The number of hydrogen-bond acceptors (Lipinski definition) is 3. The van der Waals surface area contributed by atoms with Crippen molar-refractivity contribution in [2.24, 2.45) is 11.7 Å². The Balaban J connectivity index is 2.82. The van der Waals surface area contributed by atoms with Gasteiger partial charge >= 0.3 is 5.97 Å². The lowest BCUT2D eigenvalue weighted by molar-refractivity contribution is -0.144. The third-order valence-corrected chi connectivity index (χ3v) is 3.49. The minimum atomic E-state index is -0.901. The zero-order chi connectivity index (χ0) is 14.1. The fraction of sp³-hybridized carbons (Fsp3) is 0.846. The number of carbonyl (C=O) groups excluding carboxylic acids is 1. The lowest BCUT2D eigenvalue weighted by Crippen LogP contribution is -2.60. The molecule has 0 radical (unpaired) electrons. The summed E-state index contributed by atoms with van der Waals surface area (Å²) in [6.45, 7) is 7.66. The average Bonchev–Trinajstić information content (AvgIpc) is 2.97. The van der Waals surface area contributed by atoms with E-state index in [1.54, 1.807) is 11.8 Å². The molecule has 0 bridgehead atoms. The third kappa shape index (κ3) is 3.45. The largest absolute Gasteiger partial charge is 0.481 e. The quantitative estimate of drug-likeness (QED) is 0.774. The van der Waals surface area contributed by atoms with Gasteiger partial charge in [-0.25, -0.2) is 0 Å². The standard InChI is InChI=1S/C13H24N2O3/c1-12(2,3)15(8-7-10(16)17)11(18)13(4,14)9-5-6-9/h9H,5-8,14H2,1-4H3,(H,16,17). The van der Waals surface area contributed by atoms with Gasteiger partial charge in [-0.1, -0.05) is 0 Å². The number of nitrogens with zero attached hydrogens (tertiary/aromatic N) is 1. The zero-order valence-electron chi connectivity index (χ0n) is 11.7. The molecule has 0 aliphatic heterocycles. The number of amides is 1. The van der Waals surface area contributed by atoms with Gasteiger partial charge in [-0.2, -0.15) is 0 Å². The topological polar surface area (TPSA) is 83.6 Å². The lowest BCUT2D eigenvalue weighted by Gasteiger charge is -2.40. The third-order valence-electron chi connectivity index (χ3n) is 3.49. The smallest absolute Gasteiger partial charge is 0.305 e. The zero-order valence-corrected chi connectivity index (χ0v) is 11.7. The van der Waals surface area contributed by atoms with E-state index >= 15 is 0 Å². The van der Waals surface area contributed by atoms with Crippen LogP contribution in [0.1, 0.15) is 47.0 Å². The number of carbonyl (C=O) groups is 2. The van der Waals surface area contributed by atoms with Crippen LogP contribution in [0.25, 0.3) is 0 Å². The monoisotopic (exact) mass is 256 g/mol. The molecule has 1 saturated carbocycles. The van der Waals surface area contributed by atoms with E-state index in [9.17, 15) is 9.59 Å². The van der Waals surface area contributed by atoms with Gasteiger partial charge in [0, 0.05) is 12.1 Å². The highest BCUT2D eigenvalue weighted by molar-refractivity contribution is 5.87. The first-order valence-electron chi connectivity index (χ1n) is 6.39. The summed E-state index contributed by atoms with van der Waals surface area (Å²) in [4.78, 5) is 24.8. The molecule has 104 valence electrons. The Morgan fingerprint density at radius 2 is 1.78 bits per heavy atom. The van der Waals surface area contributed by atoms with E-state index in [1.807, 2.05) is 20.8 Å². The minimum absolute atomic E-state index is 0.0518. The van der Waals surface area contributed by atoms with Gasteiger partial charge in [-0.3, -0.25) is 9.59 Å². The van der Waals surface area contributed by atoms with Gasteiger partial charge in [0.25, 0.3) is 0 Å². The molecule has 1 amide bonds. The molecule has 0 spiro atoms. The number of nitrogens with two attached hydrogens (primary N) is 1. The molecular weight excluding hydrogens is 232 g/mol. The van der Waals surface area contributed by atoms with Gasteiger partial charge in [0.1, 0.15) is 0 Å². The first-order chi connectivity index (χ1) is 8.06. The summed E-state index contributed by atoms with van der Waals surface area (Å²) in [5.74, 6) is -0.805. The van der Waals surface area contributed by atoms with E-state index in [0.717, 1.165) is 12.8 Å². The van der Waals surface area contributed by atoms with E-state index in [0.29, 0.717) is 0 Å². The summed E-state index contributed by atoms with van der Waals surface area (Å²) < 4.78 is 0. The van der Waals surface area contributed by atoms with Crippen molar-refractivity contribution in [1.82, 2.24) is 4.90 Å². The molecule has 1 aliphatic rings. The Morgan fingerprint density at radius 3 is 2.11 bits per heavy atom. The first-order valence-corrected chi connectivity index (χ1v) is 6.39. The van der Waals surface area contributed by atoms with Crippen LogP contribution in [0, 0.1) is 5.92 Å². The van der Waals surface area contributed by atoms with Crippen molar-refractivity contribution < 1.29 is 14.7 Å². The van der Waals surface area contributed by atoms with E-state index < -0.39 is 17.0 Å². The van der Waals surface area contributed by atoms with Gasteiger partial charge in [0.05, 0.1) is 12.0 Å². The molecule has 1 rings (SSSR count). The summed E-state index contributed by atoms with van der Waals surface area (Å²) in [7, 11) is 0. The molecule has 5 nitrogen and oxygen atoms in total. The van der Waals surface area contributed by atoms with Gasteiger partial charge in [-0.05, 0) is 46.5 Å². The molecule has 0 heterocycles. The van der Waals surface area contributed by atoms with Crippen LogP contribution >= 0.6 is 0 Å². The molecule has 1 atom stereocenters. The van der Waals surface area contributed by atoms with Crippen LogP contribution in [0.3, 0.4) is 0 Å². The van der Waals surface area contributed by atoms with E-state index in [-0.39, 0.29) is 24.8 Å². The second kappa shape index (κ2) is 4.88. The first kappa shape index (κ1) is 15.0. The molecule has 5 heteroatoms. The highest BCUT2D eigenvalue weighted by Gasteiger charge is 2.47. The molecule has 18 heavy (non-hydrogen) atoms. The lowest BCUT2D eigenvalue weighted by atomic mass is 9.92. The summed E-state index contributed by atoms with van der Waals surface area (Å²) in [6.07, 6.45) is 1.91. The molecule has 1 fully saturated rings. The number of hydrogen-bond donors (Lipinski definition) is 2. The molecule has 0 saturated heterocycles. The minimum Gasteiger partial charge on any atom is -0.481 e. The van der Waals surface area contributed by atoms with Crippen LogP contribution in [-0.4, -0.2) is 39.5 Å². The van der Waals surface area contributed by atoms with E-state index in [1.165, 1.54) is 0 Å². The van der Waals surface area contributed by atoms with Gasteiger partial charge < -0.3 is 15.7 Å². The maximum Gasteiger partial charge on any atom is 0.305 e. The summed E-state index contributed by atoms with van der Waals surface area (Å²) in [5.41, 5.74) is 4.85. The number of aliphatic carboxylic acids is 1. The van der Waals surface area contributed by atoms with Crippen LogP contribution in [0.2, 0.25) is 0 Å². The van der Waals surface area contributed by atoms with Crippen LogP contribution in [0.15, 0.2) is 0 Å². The Morgan fingerprint density at radius 1 is 1.28 bits per heavy atom. The van der Waals surface area contributed by atoms with Crippen molar-refractivity contribution in [3.05, 3.63) is 0 Å². The van der Waals surface area contributed by atoms with Crippen molar-refractivity contribution in [3.8, 4) is 0 Å². The number of carboxylic acid groups (broad SMARTS) is 1. The van der Waals surface area contributed by atoms with Crippen LogP contribution in [0.5, 0.6) is 0 Å². The predicted molar refractivity (Wildman–Crippen MR) is 69.0 cm³/mol. The Bertz CT molecular complexity index is 341. The van der Waals surface area contributed by atoms with Gasteiger partial charge in [0.2, 0.25) is 5.91 Å². The molecule has 1 aliphatic carbocycles. The Hall–Kier alpha value is -1.10. The average molecular weight is 256 g/mol. The van der Waals surface area contributed by atoms with E-state index in [4.69, 9.17) is 10.8 Å². The molecule has 0 aromatic rings. The Kier molecular flexibility index (Phi) is 4.05. The SMILES string of the molecule is CC(N)(C(=O)N(CCC(=O)O)C(C)(C)C)C1CC1. The molecule has 0 aromatic carbocycles. The maximum atomic E-state index is 12.5. The summed E-state index contributed by atoms with van der Waals surface area (Å²) in [5, 5.41) is 8.76. The van der Waals surface area contributed by atoms with Crippen molar-refractivity contribution in [2.75, 3.05) is 6.54 Å². The highest BCUT2D eigenvalue weighted by atomic mass is 16.4. The Labute approximate surface area is 108 Å². The molecule has 3 N–H and O–H groups in total. The normalized spacial score (nSPS) is 19.2. The fourth-order valence-electron chi connectivity index (χ4n) is 2.10. The van der Waals surface area contributed by atoms with Crippen molar-refractivity contribution in [2.45, 2.75) is 58.0 Å². The van der Waals surface area contributed by atoms with Gasteiger partial charge in [-0.15, -0.1) is 0 Å². The summed E-state index contributed by atoms with van der Waals surface area (Å²) >= 11 is 0. The number of rotatable bonds is 5. The van der Waals surface area contributed by atoms with Crippen molar-refractivity contribution in [3.63, 3.8) is 0 Å². The predicted octanol–water partition coefficient (Wildman–Crippen LogP) is 1.22. The van der Waals surface area contributed by atoms with Crippen molar-refractivity contribution in [1.29, 1.82) is 0 Å². The second-order valence-corrected chi connectivity index (χ2v) is 6.33. The fourth-order valence-corrected chi connectivity index (χ4v) is 2.10. The highest BCUT2D eigenvalue weighted by Crippen LogP contribution is 2.39. The van der Waals surface area contributed by atoms with Crippen molar-refractivity contribution >= 4 is 11.9 Å². The maximum absolute atomic E-state index is 12.5. The van der Waals surface area contributed by atoms with Crippen LogP contribution < -0.4 is 5.73 Å². The van der Waals surface area contributed by atoms with Crippen LogP contribution in [0.4, 0.5) is 0 Å². The summed E-state index contributed by atoms with van der Waals surface area (Å²) in [6, 6.07) is 0. The molecular formula is C13H24N2O3. The molecule has 1 unspecified atom stereocenters. The molecule has 0 aromatic heterocycles. The number of carboxylic acids is 1. The van der Waals surface area contributed by atoms with Gasteiger partial charge in [0.15, 0.2) is 0 Å². The van der Waals surface area contributed by atoms with E-state index in [2.05, 4.69) is 0 Å².